The second-order valence-corrected chi connectivity index (χ2v) is 8.58. The number of amides is 4. The van der Waals surface area contributed by atoms with Crippen molar-refractivity contribution in [1.82, 2.24) is 25.3 Å². The molecule has 0 bridgehead atoms. The van der Waals surface area contributed by atoms with Gasteiger partial charge in [0.05, 0.1) is 28.7 Å². The van der Waals surface area contributed by atoms with Crippen LogP contribution in [0.4, 0.5) is 5.69 Å². The molecule has 10 heteroatoms. The number of fused-ring (bicyclic) bond motifs is 1. The zero-order valence-electron chi connectivity index (χ0n) is 17.5. The van der Waals surface area contributed by atoms with E-state index < -0.39 is 23.8 Å². The van der Waals surface area contributed by atoms with E-state index in [1.807, 2.05) is 6.07 Å². The number of nitrogens with two attached hydrogens (primary N) is 1. The Hall–Kier alpha value is -3.53. The van der Waals surface area contributed by atoms with Crippen molar-refractivity contribution >= 4 is 29.3 Å². The SMILES string of the molecule is Nc1cn[nH]c1C1CCN(Cc2cccc3c2C(=O)N(C2CCC(=O)NC2=O)C3=O)CC1. The number of carbonyl (C=O) groups is 4. The van der Waals surface area contributed by atoms with E-state index in [-0.39, 0.29) is 18.7 Å². The first-order chi connectivity index (χ1) is 15.4. The van der Waals surface area contributed by atoms with Gasteiger partial charge in [-0.05, 0) is 44.0 Å². The van der Waals surface area contributed by atoms with Gasteiger partial charge in [-0.15, -0.1) is 0 Å². The lowest BCUT2D eigenvalue weighted by Gasteiger charge is -2.32. The molecule has 0 radical (unpaired) electrons. The third-order valence-electron chi connectivity index (χ3n) is 6.64. The molecule has 4 amide bonds. The monoisotopic (exact) mass is 436 g/mol. The molecule has 1 aromatic carbocycles. The maximum Gasteiger partial charge on any atom is 0.262 e. The number of H-pyrrole nitrogens is 1. The van der Waals surface area contributed by atoms with Gasteiger partial charge in [-0.1, -0.05) is 12.1 Å². The zero-order valence-corrected chi connectivity index (χ0v) is 17.5. The Balaban J connectivity index is 1.32. The third kappa shape index (κ3) is 3.36. The van der Waals surface area contributed by atoms with Crippen LogP contribution in [0.1, 0.15) is 63.6 Å². The second kappa shape index (κ2) is 7.86. The average molecular weight is 436 g/mol. The number of hydrogen-bond acceptors (Lipinski definition) is 7. The van der Waals surface area contributed by atoms with Crippen LogP contribution >= 0.6 is 0 Å². The normalized spacial score (nSPS) is 22.4. The van der Waals surface area contributed by atoms with Gasteiger partial charge < -0.3 is 5.73 Å². The molecule has 2 saturated heterocycles. The molecule has 0 spiro atoms. The van der Waals surface area contributed by atoms with E-state index in [9.17, 15) is 19.2 Å². The van der Waals surface area contributed by atoms with Gasteiger partial charge in [-0.25, -0.2) is 0 Å². The van der Waals surface area contributed by atoms with E-state index >= 15 is 0 Å². The largest absolute Gasteiger partial charge is 0.396 e. The summed E-state index contributed by atoms with van der Waals surface area (Å²) in [6.07, 6.45) is 3.71. The number of carbonyl (C=O) groups excluding carboxylic acids is 4. The number of anilines is 1. The molecule has 0 aliphatic carbocycles. The lowest BCUT2D eigenvalue weighted by Crippen LogP contribution is -2.54. The van der Waals surface area contributed by atoms with Crippen LogP contribution in [-0.2, 0) is 16.1 Å². The Kier molecular flexibility index (Phi) is 5.01. The van der Waals surface area contributed by atoms with Crippen LogP contribution in [0.5, 0.6) is 0 Å². The van der Waals surface area contributed by atoms with Gasteiger partial charge in [-0.2, -0.15) is 5.10 Å². The molecule has 1 atom stereocenters. The number of rotatable bonds is 4. The highest BCUT2D eigenvalue weighted by Gasteiger charge is 2.45. The summed E-state index contributed by atoms with van der Waals surface area (Å²) in [5.41, 5.74) is 9.10. The molecule has 3 aliphatic heterocycles. The molecule has 10 nitrogen and oxygen atoms in total. The summed E-state index contributed by atoms with van der Waals surface area (Å²) in [7, 11) is 0. The second-order valence-electron chi connectivity index (χ2n) is 8.58. The van der Waals surface area contributed by atoms with Crippen LogP contribution in [0.3, 0.4) is 0 Å². The summed E-state index contributed by atoms with van der Waals surface area (Å²) in [4.78, 5) is 53.3. The predicted octanol–water partition coefficient (Wildman–Crippen LogP) is 0.773. The van der Waals surface area contributed by atoms with Crippen LogP contribution in [-0.4, -0.2) is 62.8 Å². The van der Waals surface area contributed by atoms with E-state index in [0.717, 1.165) is 42.1 Å². The Morgan fingerprint density at radius 1 is 1.06 bits per heavy atom. The Morgan fingerprint density at radius 2 is 1.84 bits per heavy atom. The van der Waals surface area contributed by atoms with Crippen LogP contribution < -0.4 is 11.1 Å². The van der Waals surface area contributed by atoms with Gasteiger partial charge in [0, 0.05) is 18.9 Å². The predicted molar refractivity (Wildman–Crippen MR) is 113 cm³/mol. The molecule has 2 fully saturated rings. The molecule has 5 rings (SSSR count). The summed E-state index contributed by atoms with van der Waals surface area (Å²) in [6, 6.07) is 4.30. The first kappa shape index (κ1) is 20.4. The number of benzene rings is 1. The number of aromatic nitrogens is 2. The minimum atomic E-state index is -0.955. The number of nitrogen functional groups attached to an aromatic ring is 1. The summed E-state index contributed by atoms with van der Waals surface area (Å²) >= 11 is 0. The molecule has 2 aromatic rings. The van der Waals surface area contributed by atoms with Crippen molar-refractivity contribution in [2.75, 3.05) is 18.8 Å². The number of hydrogen-bond donors (Lipinski definition) is 3. The van der Waals surface area contributed by atoms with Gasteiger partial charge in [0.2, 0.25) is 11.8 Å². The summed E-state index contributed by atoms with van der Waals surface area (Å²) in [5.74, 6) is -1.60. The number of likely N-dealkylation sites (tertiary alicyclic amines) is 1. The van der Waals surface area contributed by atoms with Gasteiger partial charge in [0.1, 0.15) is 6.04 Å². The molecule has 0 saturated carbocycles. The highest BCUT2D eigenvalue weighted by molar-refractivity contribution is 6.24. The lowest BCUT2D eigenvalue weighted by atomic mass is 9.92. The zero-order chi connectivity index (χ0) is 22.4. The quantitative estimate of drug-likeness (QED) is 0.601. The molecule has 4 heterocycles. The minimum Gasteiger partial charge on any atom is -0.396 e. The van der Waals surface area contributed by atoms with Crippen LogP contribution in [0.25, 0.3) is 0 Å². The molecular weight excluding hydrogens is 412 g/mol. The Morgan fingerprint density at radius 3 is 2.53 bits per heavy atom. The van der Waals surface area contributed by atoms with E-state index in [2.05, 4.69) is 20.4 Å². The Labute approximate surface area is 184 Å². The molecule has 4 N–H and O–H groups in total. The van der Waals surface area contributed by atoms with Gasteiger partial charge >= 0.3 is 0 Å². The van der Waals surface area contributed by atoms with Crippen molar-refractivity contribution in [3.8, 4) is 0 Å². The van der Waals surface area contributed by atoms with Gasteiger partial charge in [0.25, 0.3) is 11.8 Å². The van der Waals surface area contributed by atoms with Crippen molar-refractivity contribution in [1.29, 1.82) is 0 Å². The van der Waals surface area contributed by atoms with Gasteiger partial charge in [0.15, 0.2) is 0 Å². The fourth-order valence-corrected chi connectivity index (χ4v) is 4.97. The summed E-state index contributed by atoms with van der Waals surface area (Å²) in [6.45, 7) is 2.19. The highest BCUT2D eigenvalue weighted by atomic mass is 16.2. The van der Waals surface area contributed by atoms with Crippen LogP contribution in [0, 0.1) is 0 Å². The summed E-state index contributed by atoms with van der Waals surface area (Å²) < 4.78 is 0. The number of aromatic amines is 1. The molecule has 1 unspecified atom stereocenters. The maximum absolute atomic E-state index is 13.2. The van der Waals surface area contributed by atoms with E-state index in [1.165, 1.54) is 0 Å². The van der Waals surface area contributed by atoms with Crippen molar-refractivity contribution in [3.63, 3.8) is 0 Å². The first-order valence-electron chi connectivity index (χ1n) is 10.8. The highest BCUT2D eigenvalue weighted by Crippen LogP contribution is 2.33. The topological polar surface area (TPSA) is 141 Å². The van der Waals surface area contributed by atoms with Gasteiger partial charge in [-0.3, -0.25) is 39.4 Å². The number of nitrogens with zero attached hydrogens (tertiary/aromatic N) is 3. The Bertz CT molecular complexity index is 1120. The minimum absolute atomic E-state index is 0.104. The van der Waals surface area contributed by atoms with E-state index in [0.29, 0.717) is 29.3 Å². The van der Waals surface area contributed by atoms with Crippen molar-refractivity contribution in [2.24, 2.45) is 0 Å². The lowest BCUT2D eigenvalue weighted by molar-refractivity contribution is -0.136. The average Bonchev–Trinajstić information content (AvgIpc) is 3.31. The van der Waals surface area contributed by atoms with Crippen molar-refractivity contribution in [2.45, 2.75) is 44.2 Å². The van der Waals surface area contributed by atoms with Crippen LogP contribution in [0.15, 0.2) is 24.4 Å². The first-order valence-corrected chi connectivity index (χ1v) is 10.8. The fraction of sp³-hybridized carbons (Fsp3) is 0.409. The molecular formula is C22H24N6O4. The number of piperidine rings is 2. The third-order valence-corrected chi connectivity index (χ3v) is 6.64. The molecule has 3 aliphatic rings. The standard InChI is InChI=1S/C22H24N6O4/c23-15-10-24-26-19(15)12-6-8-27(9-7-12)11-13-2-1-3-14-18(13)22(32)28(21(14)31)16-4-5-17(29)25-20(16)30/h1-3,10,12,16H,4-9,11,23H2,(H,24,26)(H,25,29,30). The van der Waals surface area contributed by atoms with Crippen molar-refractivity contribution in [3.05, 3.63) is 46.8 Å². The smallest absolute Gasteiger partial charge is 0.262 e. The van der Waals surface area contributed by atoms with E-state index in [1.54, 1.807) is 18.3 Å². The number of imide groups is 2. The number of nitrogens with one attached hydrogen (secondary N) is 2. The summed E-state index contributed by atoms with van der Waals surface area (Å²) in [5, 5.41) is 9.23. The van der Waals surface area contributed by atoms with E-state index in [4.69, 9.17) is 5.73 Å². The molecule has 32 heavy (non-hydrogen) atoms. The molecule has 166 valence electrons. The van der Waals surface area contributed by atoms with Crippen LogP contribution in [0.2, 0.25) is 0 Å². The fourth-order valence-electron chi connectivity index (χ4n) is 4.97. The maximum atomic E-state index is 13.2. The van der Waals surface area contributed by atoms with Crippen molar-refractivity contribution < 1.29 is 19.2 Å². The molecule has 1 aromatic heterocycles.